The van der Waals surface area contributed by atoms with Crippen molar-refractivity contribution in [3.8, 4) is 0 Å². The van der Waals surface area contributed by atoms with Crippen LogP contribution in [0.3, 0.4) is 0 Å². The third kappa shape index (κ3) is 4.46. The average molecular weight is 311 g/mol. The van der Waals surface area contributed by atoms with Gasteiger partial charge in [0.05, 0.1) is 0 Å². The predicted molar refractivity (Wildman–Crippen MR) is 75.4 cm³/mol. The van der Waals surface area contributed by atoms with E-state index in [4.69, 9.17) is 16.3 Å². The first-order valence-corrected chi connectivity index (χ1v) is 6.90. The lowest BCUT2D eigenvalue weighted by Crippen LogP contribution is -2.37. The summed E-state index contributed by atoms with van der Waals surface area (Å²) in [6.45, 7) is -0.119. The van der Waals surface area contributed by atoms with Gasteiger partial charge in [-0.1, -0.05) is 29.8 Å². The van der Waals surface area contributed by atoms with Crippen LogP contribution in [0.5, 0.6) is 0 Å². The maximum absolute atomic E-state index is 11.6. The van der Waals surface area contributed by atoms with Gasteiger partial charge < -0.3 is 15.4 Å². The van der Waals surface area contributed by atoms with Crippen LogP contribution >= 0.6 is 11.6 Å². The number of benzene rings is 1. The lowest BCUT2D eigenvalue weighted by atomic mass is 10.2. The highest BCUT2D eigenvalue weighted by molar-refractivity contribution is 6.31. The molecule has 0 aromatic heterocycles. The number of ether oxygens (including phenoxy) is 1. The number of nitrogens with one attached hydrogen (secondary N) is 2. The van der Waals surface area contributed by atoms with Crippen LogP contribution < -0.4 is 10.6 Å². The van der Waals surface area contributed by atoms with Crippen molar-refractivity contribution < 1.29 is 19.1 Å². The van der Waals surface area contributed by atoms with E-state index in [0.717, 1.165) is 5.56 Å². The number of carbonyl (C=O) groups excluding carboxylic acids is 3. The van der Waals surface area contributed by atoms with E-state index in [1.165, 1.54) is 0 Å². The number of amides is 2. The quantitative estimate of drug-likeness (QED) is 0.787. The van der Waals surface area contributed by atoms with Crippen LogP contribution in [0.15, 0.2) is 24.3 Å². The minimum Gasteiger partial charge on any atom is -0.454 e. The fourth-order valence-electron chi connectivity index (χ4n) is 1.91. The molecule has 2 N–H and O–H groups in total. The molecule has 1 atom stereocenters. The van der Waals surface area contributed by atoms with Crippen LogP contribution in [-0.2, 0) is 25.7 Å². The molecule has 0 bridgehead atoms. The standard InChI is InChI=1S/C14H15ClN2O4/c15-10-4-2-1-3-9(10)7-16-13(19)8-21-14(20)11-5-6-12(18)17-11/h1-4,11H,5-8H2,(H,16,19)(H,17,18)/t11-/m1/s1. The molecule has 112 valence electrons. The van der Waals surface area contributed by atoms with E-state index in [1.54, 1.807) is 18.2 Å². The summed E-state index contributed by atoms with van der Waals surface area (Å²) >= 11 is 5.96. The van der Waals surface area contributed by atoms with Gasteiger partial charge in [0.2, 0.25) is 5.91 Å². The number of esters is 1. The van der Waals surface area contributed by atoms with Gasteiger partial charge in [-0.3, -0.25) is 9.59 Å². The minimum absolute atomic E-state index is 0.180. The number of carbonyl (C=O) groups is 3. The van der Waals surface area contributed by atoms with Crippen molar-refractivity contribution in [3.05, 3.63) is 34.9 Å². The molecule has 0 saturated carbocycles. The zero-order valence-electron chi connectivity index (χ0n) is 11.2. The normalized spacial score (nSPS) is 17.2. The predicted octanol–water partition coefficient (Wildman–Crippen LogP) is 0.778. The Kier molecular flexibility index (Phi) is 5.16. The topological polar surface area (TPSA) is 84.5 Å². The summed E-state index contributed by atoms with van der Waals surface area (Å²) in [5, 5.41) is 5.65. The highest BCUT2D eigenvalue weighted by Crippen LogP contribution is 2.14. The molecule has 1 heterocycles. The Labute approximate surface area is 126 Å². The minimum atomic E-state index is -0.645. The smallest absolute Gasteiger partial charge is 0.329 e. The summed E-state index contributed by atoms with van der Waals surface area (Å²) in [6, 6.07) is 6.49. The maximum atomic E-state index is 11.6. The average Bonchev–Trinajstić information content (AvgIpc) is 2.90. The first-order chi connectivity index (χ1) is 10.1. The summed E-state index contributed by atoms with van der Waals surface area (Å²) in [4.78, 5) is 34.2. The zero-order valence-corrected chi connectivity index (χ0v) is 12.0. The van der Waals surface area contributed by atoms with Gasteiger partial charge >= 0.3 is 5.97 Å². The molecule has 1 aliphatic heterocycles. The van der Waals surface area contributed by atoms with Gasteiger partial charge in [-0.25, -0.2) is 4.79 Å². The van der Waals surface area contributed by atoms with Crippen molar-refractivity contribution in [3.63, 3.8) is 0 Å². The molecule has 2 amide bonds. The Balaban J connectivity index is 1.71. The van der Waals surface area contributed by atoms with Gasteiger partial charge in [-0.05, 0) is 18.1 Å². The van der Waals surface area contributed by atoms with Crippen LogP contribution in [0.1, 0.15) is 18.4 Å². The Morgan fingerprint density at radius 2 is 2.14 bits per heavy atom. The molecular formula is C14H15ClN2O4. The van der Waals surface area contributed by atoms with Gasteiger partial charge in [0.15, 0.2) is 6.61 Å². The Hall–Kier alpha value is -2.08. The fourth-order valence-corrected chi connectivity index (χ4v) is 2.12. The van der Waals surface area contributed by atoms with Crippen LogP contribution in [0.25, 0.3) is 0 Å². The second kappa shape index (κ2) is 7.08. The van der Waals surface area contributed by atoms with Crippen molar-refractivity contribution in [2.45, 2.75) is 25.4 Å². The fraction of sp³-hybridized carbons (Fsp3) is 0.357. The molecule has 0 radical (unpaired) electrons. The van der Waals surface area contributed by atoms with Crippen LogP contribution in [0.2, 0.25) is 5.02 Å². The molecule has 0 aliphatic carbocycles. The van der Waals surface area contributed by atoms with Crippen molar-refractivity contribution in [2.24, 2.45) is 0 Å². The molecule has 1 fully saturated rings. The van der Waals surface area contributed by atoms with Crippen LogP contribution in [-0.4, -0.2) is 30.4 Å². The van der Waals surface area contributed by atoms with E-state index in [0.29, 0.717) is 17.9 Å². The second-order valence-corrected chi connectivity index (χ2v) is 5.04. The molecule has 1 aromatic rings. The molecule has 0 spiro atoms. The van der Waals surface area contributed by atoms with Gasteiger partial charge in [-0.2, -0.15) is 0 Å². The van der Waals surface area contributed by atoms with E-state index in [2.05, 4.69) is 10.6 Å². The summed E-state index contributed by atoms with van der Waals surface area (Å²) in [5.74, 6) is -1.19. The van der Waals surface area contributed by atoms with Crippen molar-refractivity contribution >= 4 is 29.4 Å². The number of hydrogen-bond donors (Lipinski definition) is 2. The molecule has 21 heavy (non-hydrogen) atoms. The summed E-state index contributed by atoms with van der Waals surface area (Å²) < 4.78 is 4.86. The van der Waals surface area contributed by atoms with Crippen molar-refractivity contribution in [1.29, 1.82) is 0 Å². The Morgan fingerprint density at radius 3 is 2.81 bits per heavy atom. The Morgan fingerprint density at radius 1 is 1.38 bits per heavy atom. The highest BCUT2D eigenvalue weighted by Gasteiger charge is 2.28. The third-order valence-electron chi connectivity index (χ3n) is 3.06. The first kappa shape index (κ1) is 15.3. The van der Waals surface area contributed by atoms with Crippen LogP contribution in [0.4, 0.5) is 0 Å². The largest absolute Gasteiger partial charge is 0.454 e. The molecular weight excluding hydrogens is 296 g/mol. The maximum Gasteiger partial charge on any atom is 0.329 e. The van der Waals surface area contributed by atoms with Crippen LogP contribution in [0, 0.1) is 0 Å². The third-order valence-corrected chi connectivity index (χ3v) is 3.43. The van der Waals surface area contributed by atoms with Crippen molar-refractivity contribution in [2.75, 3.05) is 6.61 Å². The van der Waals surface area contributed by atoms with E-state index in [1.807, 2.05) is 6.07 Å². The first-order valence-electron chi connectivity index (χ1n) is 6.52. The molecule has 1 saturated heterocycles. The molecule has 1 aromatic carbocycles. The lowest BCUT2D eigenvalue weighted by Gasteiger charge is -2.10. The van der Waals surface area contributed by atoms with Gasteiger partial charge in [0, 0.05) is 18.0 Å². The lowest BCUT2D eigenvalue weighted by molar-refractivity contribution is -0.150. The van der Waals surface area contributed by atoms with E-state index in [9.17, 15) is 14.4 Å². The number of halogens is 1. The second-order valence-electron chi connectivity index (χ2n) is 4.63. The van der Waals surface area contributed by atoms with Crippen molar-refractivity contribution in [1.82, 2.24) is 10.6 Å². The van der Waals surface area contributed by atoms with Gasteiger partial charge in [0.25, 0.3) is 5.91 Å². The molecule has 2 rings (SSSR count). The van der Waals surface area contributed by atoms with E-state index >= 15 is 0 Å². The zero-order chi connectivity index (χ0) is 15.2. The summed E-state index contributed by atoms with van der Waals surface area (Å²) in [6.07, 6.45) is 0.706. The van der Waals surface area contributed by atoms with E-state index in [-0.39, 0.29) is 19.1 Å². The van der Waals surface area contributed by atoms with E-state index < -0.39 is 17.9 Å². The Bertz CT molecular complexity index is 562. The molecule has 0 unspecified atom stereocenters. The SMILES string of the molecule is O=C(COC(=O)[C@H]1CCC(=O)N1)NCc1ccccc1Cl. The molecule has 7 heteroatoms. The highest BCUT2D eigenvalue weighted by atomic mass is 35.5. The molecule has 6 nitrogen and oxygen atoms in total. The monoisotopic (exact) mass is 310 g/mol. The number of rotatable bonds is 5. The summed E-state index contributed by atoms with van der Waals surface area (Å²) in [5.41, 5.74) is 0.780. The van der Waals surface area contributed by atoms with Gasteiger partial charge in [0.1, 0.15) is 6.04 Å². The number of hydrogen-bond acceptors (Lipinski definition) is 4. The molecule has 1 aliphatic rings. The summed E-state index contributed by atoms with van der Waals surface area (Å²) in [7, 11) is 0. The van der Waals surface area contributed by atoms with Gasteiger partial charge in [-0.15, -0.1) is 0 Å².